The summed E-state index contributed by atoms with van der Waals surface area (Å²) in [5.41, 5.74) is 2.32. The van der Waals surface area contributed by atoms with E-state index in [1.165, 1.54) is 7.11 Å². The average molecular weight is 326 g/mol. The second kappa shape index (κ2) is 5.55. The lowest BCUT2D eigenvalue weighted by atomic mass is 10.0. The topological polar surface area (TPSA) is 26.3 Å². The van der Waals surface area contributed by atoms with Gasteiger partial charge >= 0.3 is 5.97 Å². The van der Waals surface area contributed by atoms with Crippen LogP contribution in [0, 0.1) is 0 Å². The Morgan fingerprint density at radius 1 is 1.22 bits per heavy atom. The van der Waals surface area contributed by atoms with Crippen molar-refractivity contribution in [2.45, 2.75) is 0 Å². The maximum Gasteiger partial charge on any atom is 0.337 e. The van der Waals surface area contributed by atoms with Crippen molar-refractivity contribution in [1.29, 1.82) is 0 Å². The quantitative estimate of drug-likeness (QED) is 0.757. The number of carbonyl (C=O) groups excluding carboxylic acids is 1. The van der Waals surface area contributed by atoms with E-state index in [9.17, 15) is 4.79 Å². The Balaban J connectivity index is 2.45. The van der Waals surface area contributed by atoms with Crippen LogP contribution in [0.2, 0.25) is 5.02 Å². The van der Waals surface area contributed by atoms with Crippen LogP contribution in [0.1, 0.15) is 10.4 Å². The summed E-state index contributed by atoms with van der Waals surface area (Å²) in [7, 11) is 1.35. The van der Waals surface area contributed by atoms with E-state index in [1.54, 1.807) is 12.1 Å². The molecule has 92 valence electrons. The van der Waals surface area contributed by atoms with Crippen LogP contribution in [0.4, 0.5) is 0 Å². The fourth-order valence-corrected chi connectivity index (χ4v) is 2.34. The first kappa shape index (κ1) is 13.1. The largest absolute Gasteiger partial charge is 0.465 e. The number of ether oxygens (including phenoxy) is 1. The predicted molar refractivity (Wildman–Crippen MR) is 75.9 cm³/mol. The van der Waals surface area contributed by atoms with Gasteiger partial charge in [0.25, 0.3) is 0 Å². The molecule has 0 atom stereocenters. The lowest BCUT2D eigenvalue weighted by molar-refractivity contribution is 0.0601. The van der Waals surface area contributed by atoms with Crippen LogP contribution in [0.25, 0.3) is 11.1 Å². The van der Waals surface area contributed by atoms with Gasteiger partial charge in [-0.3, -0.25) is 0 Å². The molecule has 0 radical (unpaired) electrons. The lowest BCUT2D eigenvalue weighted by Crippen LogP contribution is -2.00. The zero-order valence-electron chi connectivity index (χ0n) is 9.61. The Morgan fingerprint density at radius 2 is 2.00 bits per heavy atom. The van der Waals surface area contributed by atoms with Gasteiger partial charge in [-0.15, -0.1) is 0 Å². The van der Waals surface area contributed by atoms with Crippen molar-refractivity contribution in [1.82, 2.24) is 0 Å². The third-order valence-electron chi connectivity index (χ3n) is 2.53. The van der Waals surface area contributed by atoms with Gasteiger partial charge < -0.3 is 4.74 Å². The minimum Gasteiger partial charge on any atom is -0.465 e. The molecule has 4 heteroatoms. The van der Waals surface area contributed by atoms with Gasteiger partial charge in [-0.1, -0.05) is 45.7 Å². The Morgan fingerprint density at radius 3 is 2.61 bits per heavy atom. The van der Waals surface area contributed by atoms with Gasteiger partial charge in [0.15, 0.2) is 0 Å². The Hall–Kier alpha value is -1.32. The Labute approximate surface area is 119 Å². The van der Waals surface area contributed by atoms with Crippen LogP contribution in [0.15, 0.2) is 46.9 Å². The van der Waals surface area contributed by atoms with Crippen molar-refractivity contribution < 1.29 is 9.53 Å². The van der Waals surface area contributed by atoms with E-state index in [-0.39, 0.29) is 0 Å². The number of halogens is 2. The van der Waals surface area contributed by atoms with Crippen LogP contribution >= 0.6 is 27.5 Å². The van der Waals surface area contributed by atoms with Gasteiger partial charge in [-0.25, -0.2) is 4.79 Å². The third-order valence-corrected chi connectivity index (χ3v) is 3.33. The molecule has 0 aliphatic carbocycles. The highest BCUT2D eigenvalue weighted by atomic mass is 79.9. The average Bonchev–Trinajstić information content (AvgIpc) is 2.37. The SMILES string of the molecule is COC(=O)c1ccc(-c2cccc(Br)c2)c(Cl)c1. The molecule has 0 aromatic heterocycles. The molecule has 0 heterocycles. The first-order valence-corrected chi connectivity index (χ1v) is 6.42. The molecule has 0 aliphatic rings. The minimum absolute atomic E-state index is 0.391. The zero-order chi connectivity index (χ0) is 13.1. The number of hydrogen-bond donors (Lipinski definition) is 0. The molecule has 2 aromatic carbocycles. The van der Waals surface area contributed by atoms with Crippen molar-refractivity contribution >= 4 is 33.5 Å². The van der Waals surface area contributed by atoms with Gasteiger partial charge in [-0.2, -0.15) is 0 Å². The van der Waals surface area contributed by atoms with E-state index in [2.05, 4.69) is 20.7 Å². The first-order chi connectivity index (χ1) is 8.61. The molecular weight excluding hydrogens is 316 g/mol. The molecule has 2 rings (SSSR count). The van der Waals surface area contributed by atoms with Crippen molar-refractivity contribution in [3.63, 3.8) is 0 Å². The smallest absolute Gasteiger partial charge is 0.337 e. The van der Waals surface area contributed by atoms with E-state index < -0.39 is 5.97 Å². The van der Waals surface area contributed by atoms with Gasteiger partial charge in [0.05, 0.1) is 12.7 Å². The van der Waals surface area contributed by atoms with Crippen molar-refractivity contribution in [3.8, 4) is 11.1 Å². The number of carbonyl (C=O) groups is 1. The molecular formula is C14H10BrClO2. The van der Waals surface area contributed by atoms with E-state index in [0.717, 1.165) is 15.6 Å². The Kier molecular flexibility index (Phi) is 4.04. The number of esters is 1. The zero-order valence-corrected chi connectivity index (χ0v) is 12.0. The summed E-state index contributed by atoms with van der Waals surface area (Å²) < 4.78 is 5.63. The van der Waals surface area contributed by atoms with Crippen LogP contribution in [-0.4, -0.2) is 13.1 Å². The summed E-state index contributed by atoms with van der Waals surface area (Å²) in [6.45, 7) is 0. The minimum atomic E-state index is -0.391. The molecule has 2 aromatic rings. The summed E-state index contributed by atoms with van der Waals surface area (Å²) in [6, 6.07) is 12.9. The molecule has 0 aliphatic heterocycles. The number of benzene rings is 2. The molecule has 0 unspecified atom stereocenters. The van der Waals surface area contributed by atoms with E-state index in [4.69, 9.17) is 11.6 Å². The number of rotatable bonds is 2. The van der Waals surface area contributed by atoms with Gasteiger partial charge in [0, 0.05) is 15.1 Å². The van der Waals surface area contributed by atoms with Gasteiger partial charge in [-0.05, 0) is 29.8 Å². The standard InChI is InChI=1S/C14H10BrClO2/c1-18-14(17)10-5-6-12(13(16)8-10)9-3-2-4-11(15)7-9/h2-8H,1H3. The summed E-state index contributed by atoms with van der Waals surface area (Å²) in [4.78, 5) is 11.4. The highest BCUT2D eigenvalue weighted by molar-refractivity contribution is 9.10. The van der Waals surface area contributed by atoms with E-state index >= 15 is 0 Å². The van der Waals surface area contributed by atoms with Crippen molar-refractivity contribution in [2.75, 3.05) is 7.11 Å². The maximum atomic E-state index is 11.4. The molecule has 2 nitrogen and oxygen atoms in total. The van der Waals surface area contributed by atoms with Crippen molar-refractivity contribution in [2.24, 2.45) is 0 Å². The highest BCUT2D eigenvalue weighted by Crippen LogP contribution is 2.30. The predicted octanol–water partition coefficient (Wildman–Crippen LogP) is 4.56. The van der Waals surface area contributed by atoms with Crippen LogP contribution < -0.4 is 0 Å². The monoisotopic (exact) mass is 324 g/mol. The molecule has 0 fully saturated rings. The molecule has 0 spiro atoms. The van der Waals surface area contributed by atoms with Gasteiger partial charge in [0.2, 0.25) is 0 Å². The molecule has 0 bridgehead atoms. The highest BCUT2D eigenvalue weighted by Gasteiger charge is 2.10. The summed E-state index contributed by atoms with van der Waals surface area (Å²) in [5.74, 6) is -0.391. The molecule has 0 saturated carbocycles. The summed E-state index contributed by atoms with van der Waals surface area (Å²) >= 11 is 9.61. The molecule has 0 N–H and O–H groups in total. The normalized spacial score (nSPS) is 10.2. The van der Waals surface area contributed by atoms with Gasteiger partial charge in [0.1, 0.15) is 0 Å². The summed E-state index contributed by atoms with van der Waals surface area (Å²) in [6.07, 6.45) is 0. The number of methoxy groups -OCH3 is 1. The lowest BCUT2D eigenvalue weighted by Gasteiger charge is -2.07. The maximum absolute atomic E-state index is 11.4. The fourth-order valence-electron chi connectivity index (χ4n) is 1.65. The Bertz CT molecular complexity index is 596. The molecule has 0 amide bonds. The summed E-state index contributed by atoms with van der Waals surface area (Å²) in [5, 5.41) is 0.524. The second-order valence-electron chi connectivity index (χ2n) is 3.70. The molecule has 0 saturated heterocycles. The third kappa shape index (κ3) is 2.74. The first-order valence-electron chi connectivity index (χ1n) is 5.25. The number of hydrogen-bond acceptors (Lipinski definition) is 2. The molecule has 18 heavy (non-hydrogen) atoms. The van der Waals surface area contributed by atoms with Crippen LogP contribution in [0.3, 0.4) is 0 Å². The second-order valence-corrected chi connectivity index (χ2v) is 5.02. The van der Waals surface area contributed by atoms with E-state index in [1.807, 2.05) is 30.3 Å². The van der Waals surface area contributed by atoms with E-state index in [0.29, 0.717) is 10.6 Å². The fraction of sp³-hybridized carbons (Fsp3) is 0.0714. The van der Waals surface area contributed by atoms with Crippen molar-refractivity contribution in [3.05, 3.63) is 57.5 Å². The van der Waals surface area contributed by atoms with Crippen LogP contribution in [-0.2, 0) is 4.74 Å². The van der Waals surface area contributed by atoms with Crippen LogP contribution in [0.5, 0.6) is 0 Å².